The van der Waals surface area contributed by atoms with E-state index in [0.29, 0.717) is 10.6 Å². The lowest BCUT2D eigenvalue weighted by molar-refractivity contribution is 0.201. The van der Waals surface area contributed by atoms with Crippen molar-refractivity contribution in [3.05, 3.63) is 70.2 Å². The second kappa shape index (κ2) is 6.60. The quantitative estimate of drug-likeness (QED) is 0.918. The number of aryl methyl sites for hydroxylation is 1. The van der Waals surface area contributed by atoms with Crippen LogP contribution < -0.4 is 0 Å². The number of aliphatic hydroxyl groups excluding tert-OH is 1. The van der Waals surface area contributed by atoms with Crippen LogP contribution in [0.2, 0.25) is 5.02 Å². The standard InChI is InChI=1S/C16H17ClO3S/c1-12-2-4-13(5-3-12)10-21(19,20)11-16(18)14-6-8-15(17)9-7-14/h2-9,16,18H,10-11H2,1H3. The number of aliphatic hydroxyl groups is 1. The molecule has 0 aliphatic carbocycles. The predicted octanol–water partition coefficient (Wildman–Crippen LogP) is 3.30. The van der Waals surface area contributed by atoms with E-state index >= 15 is 0 Å². The molecule has 0 spiro atoms. The molecule has 1 atom stereocenters. The molecule has 1 N–H and O–H groups in total. The second-order valence-electron chi connectivity index (χ2n) is 5.11. The van der Waals surface area contributed by atoms with Crippen LogP contribution in [0.1, 0.15) is 22.8 Å². The maximum absolute atomic E-state index is 12.1. The summed E-state index contributed by atoms with van der Waals surface area (Å²) in [5.41, 5.74) is 2.35. The Balaban J connectivity index is 2.06. The molecule has 0 heterocycles. The normalized spacial score (nSPS) is 13.1. The van der Waals surface area contributed by atoms with E-state index in [-0.39, 0.29) is 11.5 Å². The van der Waals surface area contributed by atoms with E-state index in [1.54, 1.807) is 36.4 Å². The first-order valence-corrected chi connectivity index (χ1v) is 8.75. The number of hydrogen-bond acceptors (Lipinski definition) is 3. The van der Waals surface area contributed by atoms with Gasteiger partial charge < -0.3 is 5.11 Å². The Hall–Kier alpha value is -1.36. The topological polar surface area (TPSA) is 54.4 Å². The van der Waals surface area contributed by atoms with Gasteiger partial charge in [-0.3, -0.25) is 0 Å². The number of hydrogen-bond donors (Lipinski definition) is 1. The highest BCUT2D eigenvalue weighted by Crippen LogP contribution is 2.19. The van der Waals surface area contributed by atoms with Gasteiger partial charge in [-0.05, 0) is 30.2 Å². The molecule has 112 valence electrons. The van der Waals surface area contributed by atoms with Crippen LogP contribution in [0, 0.1) is 6.92 Å². The van der Waals surface area contributed by atoms with Crippen molar-refractivity contribution in [3.8, 4) is 0 Å². The van der Waals surface area contributed by atoms with E-state index in [0.717, 1.165) is 11.1 Å². The summed E-state index contributed by atoms with van der Waals surface area (Å²) in [6, 6.07) is 13.9. The third-order valence-electron chi connectivity index (χ3n) is 3.17. The number of sulfone groups is 1. The fourth-order valence-electron chi connectivity index (χ4n) is 2.02. The van der Waals surface area contributed by atoms with Crippen molar-refractivity contribution in [2.75, 3.05) is 5.75 Å². The van der Waals surface area contributed by atoms with E-state index < -0.39 is 15.9 Å². The molecule has 3 nitrogen and oxygen atoms in total. The zero-order valence-electron chi connectivity index (χ0n) is 11.7. The molecule has 5 heteroatoms. The lowest BCUT2D eigenvalue weighted by Gasteiger charge is -2.12. The largest absolute Gasteiger partial charge is 0.387 e. The monoisotopic (exact) mass is 324 g/mol. The van der Waals surface area contributed by atoms with Gasteiger partial charge in [0, 0.05) is 5.02 Å². The minimum atomic E-state index is -3.39. The van der Waals surface area contributed by atoms with E-state index in [2.05, 4.69) is 0 Å². The highest BCUT2D eigenvalue weighted by molar-refractivity contribution is 7.90. The Labute approximate surface area is 130 Å². The molecule has 0 saturated heterocycles. The van der Waals surface area contributed by atoms with Crippen LogP contribution in [0.25, 0.3) is 0 Å². The van der Waals surface area contributed by atoms with Crippen molar-refractivity contribution in [3.63, 3.8) is 0 Å². The average molecular weight is 325 g/mol. The van der Waals surface area contributed by atoms with Crippen LogP contribution in [-0.4, -0.2) is 19.3 Å². The molecule has 0 radical (unpaired) electrons. The first-order chi connectivity index (χ1) is 9.85. The molecule has 0 amide bonds. The van der Waals surface area contributed by atoms with Crippen LogP contribution in [-0.2, 0) is 15.6 Å². The summed E-state index contributed by atoms with van der Waals surface area (Å²) in [6.07, 6.45) is -1.04. The van der Waals surface area contributed by atoms with Crippen LogP contribution in [0.3, 0.4) is 0 Å². The van der Waals surface area contributed by atoms with Crippen molar-refractivity contribution in [2.24, 2.45) is 0 Å². The van der Waals surface area contributed by atoms with Gasteiger partial charge in [-0.15, -0.1) is 0 Å². The molecule has 21 heavy (non-hydrogen) atoms. The van der Waals surface area contributed by atoms with E-state index in [4.69, 9.17) is 11.6 Å². The molecular formula is C16H17ClO3S. The zero-order chi connectivity index (χ0) is 15.5. The summed E-state index contributed by atoms with van der Waals surface area (Å²) >= 11 is 5.77. The maximum Gasteiger partial charge on any atom is 0.157 e. The fourth-order valence-corrected chi connectivity index (χ4v) is 3.64. The highest BCUT2D eigenvalue weighted by atomic mass is 35.5. The Morgan fingerprint density at radius 1 is 1.05 bits per heavy atom. The molecule has 2 aromatic rings. The van der Waals surface area contributed by atoms with Crippen molar-refractivity contribution < 1.29 is 13.5 Å². The van der Waals surface area contributed by atoms with Crippen molar-refractivity contribution in [2.45, 2.75) is 18.8 Å². The van der Waals surface area contributed by atoms with Gasteiger partial charge in [0.15, 0.2) is 9.84 Å². The van der Waals surface area contributed by atoms with Gasteiger partial charge in [0.1, 0.15) is 0 Å². The summed E-state index contributed by atoms with van der Waals surface area (Å²) in [5.74, 6) is -0.375. The van der Waals surface area contributed by atoms with Crippen LogP contribution in [0.15, 0.2) is 48.5 Å². The Morgan fingerprint density at radius 3 is 2.19 bits per heavy atom. The number of rotatable bonds is 5. The van der Waals surface area contributed by atoms with Gasteiger partial charge >= 0.3 is 0 Å². The molecule has 0 aromatic heterocycles. The SMILES string of the molecule is Cc1ccc(CS(=O)(=O)CC(O)c2ccc(Cl)cc2)cc1. The average Bonchev–Trinajstić information content (AvgIpc) is 2.41. The predicted molar refractivity (Wildman–Crippen MR) is 85.1 cm³/mol. The summed E-state index contributed by atoms with van der Waals surface area (Å²) in [5, 5.41) is 10.6. The molecule has 1 unspecified atom stereocenters. The summed E-state index contributed by atoms with van der Waals surface area (Å²) in [4.78, 5) is 0. The molecule has 0 bridgehead atoms. The molecule has 2 aromatic carbocycles. The summed E-state index contributed by atoms with van der Waals surface area (Å²) < 4.78 is 24.3. The molecular weight excluding hydrogens is 308 g/mol. The summed E-state index contributed by atoms with van der Waals surface area (Å²) in [6.45, 7) is 1.95. The molecule has 0 aliphatic rings. The molecule has 0 saturated carbocycles. The van der Waals surface area contributed by atoms with Gasteiger partial charge in [-0.1, -0.05) is 53.6 Å². The van der Waals surface area contributed by atoms with Crippen LogP contribution >= 0.6 is 11.6 Å². The Morgan fingerprint density at radius 2 is 1.62 bits per heavy atom. The first kappa shape index (κ1) is 16.0. The highest BCUT2D eigenvalue weighted by Gasteiger charge is 2.19. The smallest absolute Gasteiger partial charge is 0.157 e. The van der Waals surface area contributed by atoms with E-state index in [1.807, 2.05) is 19.1 Å². The Kier molecular flexibility index (Phi) is 5.04. The lowest BCUT2D eigenvalue weighted by atomic mass is 10.1. The third kappa shape index (κ3) is 4.84. The minimum absolute atomic E-state index is 0.0715. The van der Waals surface area contributed by atoms with Crippen molar-refractivity contribution in [1.29, 1.82) is 0 Å². The maximum atomic E-state index is 12.1. The van der Waals surface area contributed by atoms with Gasteiger partial charge in [0.05, 0.1) is 17.6 Å². The first-order valence-electron chi connectivity index (χ1n) is 6.55. The molecule has 0 fully saturated rings. The van der Waals surface area contributed by atoms with Gasteiger partial charge in [0.25, 0.3) is 0 Å². The second-order valence-corrected chi connectivity index (χ2v) is 7.65. The third-order valence-corrected chi connectivity index (χ3v) is 5.02. The lowest BCUT2D eigenvalue weighted by Crippen LogP contribution is -2.16. The van der Waals surface area contributed by atoms with Crippen LogP contribution in [0.5, 0.6) is 0 Å². The number of halogens is 1. The molecule has 0 aliphatic heterocycles. The Bertz CT molecular complexity index is 691. The van der Waals surface area contributed by atoms with Crippen LogP contribution in [0.4, 0.5) is 0 Å². The van der Waals surface area contributed by atoms with E-state index in [1.165, 1.54) is 0 Å². The van der Waals surface area contributed by atoms with Gasteiger partial charge in [-0.25, -0.2) is 8.42 Å². The zero-order valence-corrected chi connectivity index (χ0v) is 13.2. The molecule has 2 rings (SSSR count). The van der Waals surface area contributed by atoms with Crippen molar-refractivity contribution in [1.82, 2.24) is 0 Å². The summed E-state index contributed by atoms with van der Waals surface area (Å²) in [7, 11) is -3.39. The fraction of sp³-hybridized carbons (Fsp3) is 0.250. The van der Waals surface area contributed by atoms with Gasteiger partial charge in [0.2, 0.25) is 0 Å². The van der Waals surface area contributed by atoms with Crippen molar-refractivity contribution >= 4 is 21.4 Å². The van der Waals surface area contributed by atoms with Gasteiger partial charge in [-0.2, -0.15) is 0 Å². The number of benzene rings is 2. The van der Waals surface area contributed by atoms with E-state index in [9.17, 15) is 13.5 Å². The minimum Gasteiger partial charge on any atom is -0.387 e.